The summed E-state index contributed by atoms with van der Waals surface area (Å²) in [6.07, 6.45) is 0. The summed E-state index contributed by atoms with van der Waals surface area (Å²) in [5.41, 5.74) is 3.19. The van der Waals surface area contributed by atoms with E-state index in [2.05, 4.69) is 98.6 Å². The molecule has 3 aromatic carbocycles. The van der Waals surface area contributed by atoms with Crippen LogP contribution in [-0.2, 0) is 0 Å². The first-order chi connectivity index (χ1) is 10.6. The van der Waals surface area contributed by atoms with Crippen LogP contribution in [-0.4, -0.2) is 5.11 Å². The Morgan fingerprint density at radius 1 is 0.545 bits per heavy atom. The zero-order valence-electron chi connectivity index (χ0n) is 11.6. The molecule has 0 aliphatic carbocycles. The molecule has 0 saturated carbocycles. The highest BCUT2D eigenvalue weighted by Crippen LogP contribution is 2.35. The number of nitrogens with zero attached hydrogens (tertiary/aromatic N) is 1. The second-order valence-electron chi connectivity index (χ2n) is 4.80. The number of hydrogen-bond donors (Lipinski definition) is 1. The first kappa shape index (κ1) is 15.6. The first-order valence-electron chi connectivity index (χ1n) is 6.74. The molecule has 0 aliphatic rings. The van der Waals surface area contributed by atoms with Crippen molar-refractivity contribution in [1.82, 2.24) is 0 Å². The number of phenols is 1. The molecule has 4 heteroatoms. The predicted octanol–water partition coefficient (Wildman–Crippen LogP) is 6.07. The van der Waals surface area contributed by atoms with E-state index in [0.717, 1.165) is 17.1 Å². The Bertz CT molecular complexity index is 644. The minimum atomic E-state index is 0.272. The third-order valence-electron chi connectivity index (χ3n) is 3.28. The highest BCUT2D eigenvalue weighted by atomic mass is 127. The lowest BCUT2D eigenvalue weighted by molar-refractivity contribution is 0.475. The van der Waals surface area contributed by atoms with E-state index < -0.39 is 0 Å². The van der Waals surface area contributed by atoms with Crippen molar-refractivity contribution in [3.8, 4) is 5.75 Å². The number of benzene rings is 3. The van der Waals surface area contributed by atoms with Crippen molar-refractivity contribution in [3.63, 3.8) is 0 Å². The van der Waals surface area contributed by atoms with Gasteiger partial charge in [0.25, 0.3) is 0 Å². The van der Waals surface area contributed by atoms with Crippen LogP contribution in [0.4, 0.5) is 17.1 Å². The number of rotatable bonds is 3. The lowest BCUT2D eigenvalue weighted by Crippen LogP contribution is -2.09. The Balaban J connectivity index is 2.10. The van der Waals surface area contributed by atoms with Crippen LogP contribution >= 0.6 is 45.2 Å². The first-order valence-corrected chi connectivity index (χ1v) is 8.89. The topological polar surface area (TPSA) is 23.5 Å². The van der Waals surface area contributed by atoms with Gasteiger partial charge < -0.3 is 10.0 Å². The van der Waals surface area contributed by atoms with E-state index in [-0.39, 0.29) is 5.75 Å². The molecule has 0 bridgehead atoms. The number of hydrogen-bond acceptors (Lipinski definition) is 2. The summed E-state index contributed by atoms with van der Waals surface area (Å²) < 4.78 is 2.41. The summed E-state index contributed by atoms with van der Waals surface area (Å²) in [4.78, 5) is 2.17. The molecular weight excluding hydrogens is 500 g/mol. The van der Waals surface area contributed by atoms with E-state index in [0.29, 0.717) is 0 Å². The maximum Gasteiger partial charge on any atom is 0.115 e. The van der Waals surface area contributed by atoms with Crippen molar-refractivity contribution in [2.75, 3.05) is 4.90 Å². The van der Waals surface area contributed by atoms with Crippen LogP contribution in [0.5, 0.6) is 5.75 Å². The average molecular weight is 513 g/mol. The molecular formula is C18H13I2NO. The van der Waals surface area contributed by atoms with E-state index in [1.807, 2.05) is 12.1 Å². The maximum atomic E-state index is 9.53. The minimum Gasteiger partial charge on any atom is -0.508 e. The molecule has 0 radical (unpaired) electrons. The van der Waals surface area contributed by atoms with E-state index in [9.17, 15) is 5.11 Å². The number of phenolic OH excluding ortho intramolecular Hbond substituents is 1. The van der Waals surface area contributed by atoms with Crippen molar-refractivity contribution in [1.29, 1.82) is 0 Å². The summed E-state index contributed by atoms with van der Waals surface area (Å²) in [5, 5.41) is 9.53. The van der Waals surface area contributed by atoms with Gasteiger partial charge in [-0.1, -0.05) is 0 Å². The minimum absolute atomic E-state index is 0.272. The molecule has 0 spiro atoms. The van der Waals surface area contributed by atoms with Crippen molar-refractivity contribution in [2.45, 2.75) is 0 Å². The van der Waals surface area contributed by atoms with Gasteiger partial charge in [0.1, 0.15) is 5.75 Å². The van der Waals surface area contributed by atoms with Gasteiger partial charge in [-0.2, -0.15) is 0 Å². The fourth-order valence-electron chi connectivity index (χ4n) is 2.23. The van der Waals surface area contributed by atoms with Crippen LogP contribution < -0.4 is 4.90 Å². The second-order valence-corrected chi connectivity index (χ2v) is 7.30. The van der Waals surface area contributed by atoms with Gasteiger partial charge in [0.15, 0.2) is 0 Å². The Morgan fingerprint density at radius 2 is 0.864 bits per heavy atom. The van der Waals surface area contributed by atoms with Gasteiger partial charge in [0, 0.05) is 24.2 Å². The van der Waals surface area contributed by atoms with Gasteiger partial charge >= 0.3 is 0 Å². The summed E-state index contributed by atoms with van der Waals surface area (Å²) in [5.74, 6) is 0.272. The van der Waals surface area contributed by atoms with Crippen molar-refractivity contribution >= 4 is 62.2 Å². The van der Waals surface area contributed by atoms with Gasteiger partial charge in [0.2, 0.25) is 0 Å². The average Bonchev–Trinajstić information content (AvgIpc) is 2.53. The van der Waals surface area contributed by atoms with E-state index in [1.165, 1.54) is 7.14 Å². The van der Waals surface area contributed by atoms with E-state index in [4.69, 9.17) is 0 Å². The number of anilines is 3. The molecule has 3 aromatic rings. The smallest absolute Gasteiger partial charge is 0.115 e. The molecule has 110 valence electrons. The predicted molar refractivity (Wildman–Crippen MR) is 108 cm³/mol. The summed E-state index contributed by atoms with van der Waals surface area (Å²) >= 11 is 4.61. The summed E-state index contributed by atoms with van der Waals surface area (Å²) in [6.45, 7) is 0. The Labute approximate surface area is 157 Å². The molecule has 3 rings (SSSR count). The lowest BCUT2D eigenvalue weighted by atomic mass is 10.2. The molecule has 0 aliphatic heterocycles. The van der Waals surface area contributed by atoms with Crippen molar-refractivity contribution < 1.29 is 5.11 Å². The van der Waals surface area contributed by atoms with E-state index >= 15 is 0 Å². The molecule has 0 fully saturated rings. The molecule has 1 N–H and O–H groups in total. The zero-order valence-corrected chi connectivity index (χ0v) is 15.9. The molecule has 0 atom stereocenters. The monoisotopic (exact) mass is 513 g/mol. The van der Waals surface area contributed by atoms with Gasteiger partial charge in [-0.25, -0.2) is 0 Å². The fourth-order valence-corrected chi connectivity index (χ4v) is 2.95. The largest absolute Gasteiger partial charge is 0.508 e. The molecule has 0 amide bonds. The van der Waals surface area contributed by atoms with Gasteiger partial charge in [-0.05, 0) is 118 Å². The molecule has 2 nitrogen and oxygen atoms in total. The standard InChI is InChI=1S/C18H13I2NO/c19-13-1-5-15(6-2-13)21(16-7-3-14(20)4-8-16)17-9-11-18(22)12-10-17/h1-12,22H. The van der Waals surface area contributed by atoms with Crippen LogP contribution in [0.1, 0.15) is 0 Å². The molecule has 0 heterocycles. The Morgan fingerprint density at radius 3 is 1.23 bits per heavy atom. The van der Waals surface area contributed by atoms with Gasteiger partial charge in [-0.3, -0.25) is 0 Å². The van der Waals surface area contributed by atoms with Crippen molar-refractivity contribution in [2.24, 2.45) is 0 Å². The summed E-state index contributed by atoms with van der Waals surface area (Å²) in [7, 11) is 0. The van der Waals surface area contributed by atoms with Crippen molar-refractivity contribution in [3.05, 3.63) is 79.9 Å². The van der Waals surface area contributed by atoms with Gasteiger partial charge in [0.05, 0.1) is 0 Å². The van der Waals surface area contributed by atoms with Gasteiger partial charge in [-0.15, -0.1) is 0 Å². The molecule has 0 unspecified atom stereocenters. The Hall–Kier alpha value is -1.28. The van der Waals surface area contributed by atoms with Crippen LogP contribution in [0.2, 0.25) is 0 Å². The van der Waals surface area contributed by atoms with Crippen LogP contribution in [0, 0.1) is 7.14 Å². The second kappa shape index (κ2) is 6.87. The number of halogens is 2. The molecule has 0 aromatic heterocycles. The molecule has 0 saturated heterocycles. The quantitative estimate of drug-likeness (QED) is 0.430. The van der Waals surface area contributed by atoms with Crippen LogP contribution in [0.25, 0.3) is 0 Å². The third kappa shape index (κ3) is 3.55. The highest BCUT2D eigenvalue weighted by molar-refractivity contribution is 14.1. The third-order valence-corrected chi connectivity index (χ3v) is 4.72. The summed E-state index contributed by atoms with van der Waals surface area (Å²) in [6, 6.07) is 24.1. The SMILES string of the molecule is Oc1ccc(N(c2ccc(I)cc2)c2ccc(I)cc2)cc1. The maximum absolute atomic E-state index is 9.53. The van der Waals surface area contributed by atoms with Crippen LogP contribution in [0.3, 0.4) is 0 Å². The fraction of sp³-hybridized carbons (Fsp3) is 0. The normalized spacial score (nSPS) is 10.5. The van der Waals surface area contributed by atoms with Crippen LogP contribution in [0.15, 0.2) is 72.8 Å². The Kier molecular flexibility index (Phi) is 4.87. The lowest BCUT2D eigenvalue weighted by Gasteiger charge is -2.25. The molecule has 22 heavy (non-hydrogen) atoms. The van der Waals surface area contributed by atoms with E-state index in [1.54, 1.807) is 12.1 Å². The zero-order chi connectivity index (χ0) is 15.5. The highest BCUT2D eigenvalue weighted by Gasteiger charge is 2.12. The number of aromatic hydroxyl groups is 1.